The number of unbranched alkanes of at least 4 members (excludes halogenated alkanes) is 21. The fourth-order valence-electron chi connectivity index (χ4n) is 9.08. The molecule has 0 heterocycles. The van der Waals surface area contributed by atoms with Crippen LogP contribution in [0.1, 0.15) is 266 Å². The lowest BCUT2D eigenvalue weighted by Crippen LogP contribution is -2.51. The van der Waals surface area contributed by atoms with Gasteiger partial charge in [0.25, 0.3) is 0 Å². The first-order valence-electron chi connectivity index (χ1n) is 30.2. The lowest BCUT2D eigenvalue weighted by Gasteiger charge is -2.32. The Morgan fingerprint density at radius 3 is 1.59 bits per heavy atom. The number of carbonyl (C=O) groups is 5. The third-order valence-corrected chi connectivity index (χ3v) is 13.3. The third-order valence-electron chi connectivity index (χ3n) is 13.3. The smallest absolute Gasteiger partial charge is 0.325 e. The summed E-state index contributed by atoms with van der Waals surface area (Å²) >= 11 is 0. The fourth-order valence-corrected chi connectivity index (χ4v) is 9.08. The molecule has 0 aromatic heterocycles. The Hall–Kier alpha value is -3.29. The van der Waals surface area contributed by atoms with Crippen LogP contribution in [0.5, 0.6) is 0 Å². The van der Waals surface area contributed by atoms with Crippen molar-refractivity contribution in [2.75, 3.05) is 52.5 Å². The maximum Gasteiger partial charge on any atom is 0.325 e. The highest BCUT2D eigenvalue weighted by Gasteiger charge is 2.30. The summed E-state index contributed by atoms with van der Waals surface area (Å²) in [5.74, 6) is -1.69. The highest BCUT2D eigenvalue weighted by molar-refractivity contribution is 5.89. The SMILES string of the molecule is CCCCC/C=C\C/C=C\CCCCCCCC(=O)OCCCCCC(C(=O)NCC(=O)OC(C)(C)C)N(CCCN(CCO)CCO)C(=O)CCCCC(=O)OC(CCCCCCCC)CCCCCCCC. The first-order chi connectivity index (χ1) is 35.8. The van der Waals surface area contributed by atoms with E-state index in [0.29, 0.717) is 71.0 Å². The molecule has 0 aromatic carbocycles. The molecule has 0 saturated carbocycles. The molecule has 0 saturated heterocycles. The molecule has 1 atom stereocenters. The van der Waals surface area contributed by atoms with Crippen molar-refractivity contribution in [3.63, 3.8) is 0 Å². The highest BCUT2D eigenvalue weighted by atomic mass is 16.6. The van der Waals surface area contributed by atoms with E-state index >= 15 is 0 Å². The molecule has 0 spiro atoms. The van der Waals surface area contributed by atoms with Crippen LogP contribution in [-0.2, 0) is 38.2 Å². The second-order valence-electron chi connectivity index (χ2n) is 21.5. The third kappa shape index (κ3) is 45.0. The summed E-state index contributed by atoms with van der Waals surface area (Å²) < 4.78 is 17.1. The van der Waals surface area contributed by atoms with Gasteiger partial charge in [0, 0.05) is 45.4 Å². The van der Waals surface area contributed by atoms with Crippen molar-refractivity contribution >= 4 is 29.7 Å². The number of carbonyl (C=O) groups excluding carboxylic acids is 5. The molecule has 0 bridgehead atoms. The number of ether oxygens (including phenoxy) is 3. The molecule has 0 aliphatic rings. The Labute approximate surface area is 452 Å². The molecule has 0 aliphatic carbocycles. The second kappa shape index (κ2) is 50.5. The molecular formula is C61H113N3O10. The summed E-state index contributed by atoms with van der Waals surface area (Å²) in [6.45, 7) is 13.2. The number of nitrogens with zero attached hydrogens (tertiary/aromatic N) is 2. The summed E-state index contributed by atoms with van der Waals surface area (Å²) in [5.41, 5.74) is -0.737. The van der Waals surface area contributed by atoms with Gasteiger partial charge in [-0.05, 0) is 124 Å². The Kier molecular flexibility index (Phi) is 48.3. The number of amides is 2. The van der Waals surface area contributed by atoms with Gasteiger partial charge in [-0.25, -0.2) is 0 Å². The van der Waals surface area contributed by atoms with Crippen LogP contribution in [0.3, 0.4) is 0 Å². The van der Waals surface area contributed by atoms with Crippen LogP contribution in [0.15, 0.2) is 24.3 Å². The summed E-state index contributed by atoms with van der Waals surface area (Å²) in [5, 5.41) is 22.0. The zero-order valence-electron chi connectivity index (χ0n) is 48.4. The molecule has 13 heteroatoms. The Balaban J connectivity index is 5.52. The van der Waals surface area contributed by atoms with E-state index in [1.165, 1.54) is 77.0 Å². The predicted octanol–water partition coefficient (Wildman–Crippen LogP) is 13.2. The number of rotatable bonds is 52. The van der Waals surface area contributed by atoms with Gasteiger partial charge < -0.3 is 34.6 Å². The number of hydrogen-bond donors (Lipinski definition) is 3. The molecule has 0 aromatic rings. The molecule has 432 valence electrons. The van der Waals surface area contributed by atoms with Gasteiger partial charge in [0.15, 0.2) is 0 Å². The minimum Gasteiger partial charge on any atom is -0.466 e. The van der Waals surface area contributed by atoms with Gasteiger partial charge >= 0.3 is 17.9 Å². The highest BCUT2D eigenvalue weighted by Crippen LogP contribution is 2.20. The van der Waals surface area contributed by atoms with E-state index in [-0.39, 0.29) is 69.7 Å². The van der Waals surface area contributed by atoms with Crippen molar-refractivity contribution in [2.24, 2.45) is 0 Å². The molecule has 0 radical (unpaired) electrons. The van der Waals surface area contributed by atoms with Crippen LogP contribution in [0.2, 0.25) is 0 Å². The van der Waals surface area contributed by atoms with E-state index in [0.717, 1.165) is 83.5 Å². The summed E-state index contributed by atoms with van der Waals surface area (Å²) in [6, 6.07) is -0.885. The number of allylic oxidation sites excluding steroid dienone is 4. The van der Waals surface area contributed by atoms with E-state index < -0.39 is 23.5 Å². The first kappa shape index (κ1) is 70.7. The quantitative estimate of drug-likeness (QED) is 0.0229. The van der Waals surface area contributed by atoms with E-state index in [9.17, 15) is 34.2 Å². The van der Waals surface area contributed by atoms with E-state index in [1.54, 1.807) is 25.7 Å². The summed E-state index contributed by atoms with van der Waals surface area (Å²) in [7, 11) is 0. The number of aliphatic hydroxyl groups excluding tert-OH is 2. The first-order valence-corrected chi connectivity index (χ1v) is 30.2. The molecule has 2 amide bonds. The molecule has 0 aliphatic heterocycles. The lowest BCUT2D eigenvalue weighted by molar-refractivity contribution is -0.155. The maximum absolute atomic E-state index is 14.2. The molecular weight excluding hydrogens is 935 g/mol. The average molecular weight is 1050 g/mol. The number of aliphatic hydroxyl groups is 2. The van der Waals surface area contributed by atoms with Crippen molar-refractivity contribution in [2.45, 2.75) is 284 Å². The molecule has 1 unspecified atom stereocenters. The molecule has 0 rings (SSSR count). The Morgan fingerprint density at radius 1 is 0.514 bits per heavy atom. The molecule has 0 fully saturated rings. The predicted molar refractivity (Wildman–Crippen MR) is 303 cm³/mol. The minimum atomic E-state index is -0.885. The van der Waals surface area contributed by atoms with Crippen LogP contribution < -0.4 is 5.32 Å². The number of esters is 3. The Bertz CT molecular complexity index is 1410. The summed E-state index contributed by atoms with van der Waals surface area (Å²) in [4.78, 5) is 70.2. The largest absolute Gasteiger partial charge is 0.466 e. The van der Waals surface area contributed by atoms with Gasteiger partial charge in [0.2, 0.25) is 11.8 Å². The topological polar surface area (TPSA) is 172 Å². The zero-order valence-corrected chi connectivity index (χ0v) is 48.4. The van der Waals surface area contributed by atoms with Crippen molar-refractivity contribution in [1.82, 2.24) is 15.1 Å². The fraction of sp³-hybridized carbons (Fsp3) is 0.852. The normalized spacial score (nSPS) is 12.3. The van der Waals surface area contributed by atoms with Gasteiger partial charge in [-0.3, -0.25) is 28.9 Å². The van der Waals surface area contributed by atoms with E-state index in [2.05, 4.69) is 50.4 Å². The number of hydrogen-bond acceptors (Lipinski definition) is 11. The molecule has 3 N–H and O–H groups in total. The standard InChI is InChI=1S/C61H113N3O10/c1-7-10-13-16-19-20-21-22-23-24-25-26-27-30-35-44-57(68)72-52-38-31-34-42-55(60(71)62-53-59(70)74-61(4,5)6)64(47-39-46-63(48-50-65)49-51-66)56(67)43-36-37-45-58(69)73-54(40-32-28-17-14-11-8-2)41-33-29-18-15-12-9-3/h19-20,22-23,54-55,65-66H,7-18,21,24-53H2,1-6H3,(H,62,71)/b20-19-,23-22-. The minimum absolute atomic E-state index is 0.0782. The molecule has 13 nitrogen and oxygen atoms in total. The van der Waals surface area contributed by atoms with Crippen LogP contribution in [0.25, 0.3) is 0 Å². The van der Waals surface area contributed by atoms with Crippen molar-refractivity contribution < 1.29 is 48.4 Å². The molecule has 74 heavy (non-hydrogen) atoms. The van der Waals surface area contributed by atoms with Gasteiger partial charge in [-0.2, -0.15) is 0 Å². The number of nitrogens with one attached hydrogen (secondary N) is 1. The average Bonchev–Trinajstić information content (AvgIpc) is 3.36. The monoisotopic (exact) mass is 1050 g/mol. The zero-order chi connectivity index (χ0) is 54.8. The van der Waals surface area contributed by atoms with E-state index in [4.69, 9.17) is 14.2 Å². The van der Waals surface area contributed by atoms with Crippen LogP contribution >= 0.6 is 0 Å². The van der Waals surface area contributed by atoms with Gasteiger partial charge in [0.1, 0.15) is 24.3 Å². The van der Waals surface area contributed by atoms with Crippen molar-refractivity contribution in [1.29, 1.82) is 0 Å². The van der Waals surface area contributed by atoms with Crippen molar-refractivity contribution in [3.05, 3.63) is 24.3 Å². The van der Waals surface area contributed by atoms with Crippen LogP contribution in [0, 0.1) is 0 Å². The maximum atomic E-state index is 14.2. The van der Waals surface area contributed by atoms with Crippen LogP contribution in [0.4, 0.5) is 0 Å². The summed E-state index contributed by atoms with van der Waals surface area (Å²) in [6.07, 6.45) is 41.6. The Morgan fingerprint density at radius 2 is 1.00 bits per heavy atom. The van der Waals surface area contributed by atoms with Gasteiger partial charge in [0.05, 0.1) is 19.8 Å². The lowest BCUT2D eigenvalue weighted by atomic mass is 10.0. The van der Waals surface area contributed by atoms with E-state index in [1.807, 2.05) is 4.90 Å². The second-order valence-corrected chi connectivity index (χ2v) is 21.5. The van der Waals surface area contributed by atoms with Gasteiger partial charge in [-0.1, -0.05) is 148 Å². The van der Waals surface area contributed by atoms with Crippen LogP contribution in [-0.4, -0.2) is 120 Å². The van der Waals surface area contributed by atoms with Gasteiger partial charge in [-0.15, -0.1) is 0 Å². The van der Waals surface area contributed by atoms with Crippen molar-refractivity contribution in [3.8, 4) is 0 Å².